The van der Waals surface area contributed by atoms with Crippen LogP contribution in [0.4, 0.5) is 5.69 Å². The van der Waals surface area contributed by atoms with Gasteiger partial charge in [-0.25, -0.2) is 5.01 Å². The molecule has 3 rings (SSSR count). The van der Waals surface area contributed by atoms with Crippen molar-refractivity contribution in [1.29, 1.82) is 0 Å². The molecule has 1 atom stereocenters. The van der Waals surface area contributed by atoms with Crippen molar-refractivity contribution in [3.05, 3.63) is 59.3 Å². The summed E-state index contributed by atoms with van der Waals surface area (Å²) < 4.78 is 0. The van der Waals surface area contributed by atoms with Gasteiger partial charge >= 0.3 is 0 Å². The third kappa shape index (κ3) is 5.53. The van der Waals surface area contributed by atoms with E-state index in [2.05, 4.69) is 56.9 Å². The van der Waals surface area contributed by atoms with Gasteiger partial charge in [0.15, 0.2) is 5.78 Å². The van der Waals surface area contributed by atoms with Gasteiger partial charge in [-0.3, -0.25) is 9.79 Å². The molecule has 1 aromatic rings. The number of Topliss-reactive ketones (excluding diaryl/α,β-unsaturated/α-hetero) is 1. The van der Waals surface area contributed by atoms with E-state index in [0.717, 1.165) is 59.5 Å². The maximum atomic E-state index is 13.5. The predicted octanol–water partition coefficient (Wildman–Crippen LogP) is 7.39. The molecular formula is C28H37N3O. The summed E-state index contributed by atoms with van der Waals surface area (Å²) >= 11 is 0. The van der Waals surface area contributed by atoms with Crippen LogP contribution in [0.1, 0.15) is 76.8 Å². The molecule has 170 valence electrons. The largest absolute Gasteiger partial charge is 0.294 e. The lowest BCUT2D eigenvalue weighted by Crippen LogP contribution is -2.23. The van der Waals surface area contributed by atoms with Gasteiger partial charge in [0, 0.05) is 29.5 Å². The normalized spacial score (nSPS) is 18.1. The summed E-state index contributed by atoms with van der Waals surface area (Å²) in [4.78, 5) is 18.3. The van der Waals surface area contributed by atoms with Gasteiger partial charge in [-0.05, 0) is 74.8 Å². The molecule has 1 heterocycles. The number of hydrogen-bond donors (Lipinski definition) is 0. The number of unbranched alkanes of at least 4 members (excludes halogenated alkanes) is 1. The summed E-state index contributed by atoms with van der Waals surface area (Å²) in [6.07, 6.45) is 15.0. The number of nitrogens with zero attached hydrogens (tertiary/aromatic N) is 3. The maximum Gasteiger partial charge on any atom is 0.163 e. The second-order valence-corrected chi connectivity index (χ2v) is 9.00. The van der Waals surface area contributed by atoms with E-state index in [1.54, 1.807) is 6.21 Å². The average Bonchev–Trinajstić information content (AvgIpc) is 2.76. The first-order valence-electron chi connectivity index (χ1n) is 12.1. The molecule has 1 saturated carbocycles. The van der Waals surface area contributed by atoms with E-state index in [-0.39, 0.29) is 11.7 Å². The van der Waals surface area contributed by atoms with Crippen molar-refractivity contribution >= 4 is 29.6 Å². The van der Waals surface area contributed by atoms with Crippen LogP contribution in [0.15, 0.2) is 58.3 Å². The van der Waals surface area contributed by atoms with Crippen LogP contribution >= 0.6 is 0 Å². The van der Waals surface area contributed by atoms with Crippen molar-refractivity contribution in [3.8, 4) is 0 Å². The third-order valence-corrected chi connectivity index (χ3v) is 6.51. The van der Waals surface area contributed by atoms with E-state index in [1.165, 1.54) is 19.3 Å². The number of benzene rings is 1. The second kappa shape index (κ2) is 11.2. The van der Waals surface area contributed by atoms with E-state index in [0.29, 0.717) is 5.92 Å². The maximum absolute atomic E-state index is 13.5. The Labute approximate surface area is 193 Å². The molecule has 0 unspecified atom stereocenters. The van der Waals surface area contributed by atoms with E-state index >= 15 is 0 Å². The number of aryl methyl sites for hydroxylation is 1. The van der Waals surface area contributed by atoms with Gasteiger partial charge < -0.3 is 0 Å². The van der Waals surface area contributed by atoms with E-state index in [9.17, 15) is 4.79 Å². The van der Waals surface area contributed by atoms with Gasteiger partial charge in [0.1, 0.15) is 0 Å². The van der Waals surface area contributed by atoms with Crippen molar-refractivity contribution in [2.45, 2.75) is 72.6 Å². The average molecular weight is 432 g/mol. The third-order valence-electron chi connectivity index (χ3n) is 6.51. The number of hydrazone groups is 1. The molecule has 1 aromatic carbocycles. The fourth-order valence-corrected chi connectivity index (χ4v) is 3.95. The fraction of sp³-hybridized carbons (Fsp3) is 0.464. The highest BCUT2D eigenvalue weighted by atomic mass is 16.1. The van der Waals surface area contributed by atoms with Crippen molar-refractivity contribution in [3.63, 3.8) is 0 Å². The van der Waals surface area contributed by atoms with Crippen molar-refractivity contribution in [1.82, 2.24) is 5.01 Å². The zero-order valence-electron chi connectivity index (χ0n) is 20.1. The lowest BCUT2D eigenvalue weighted by molar-refractivity contribution is -0.118. The minimum atomic E-state index is -0.0260. The summed E-state index contributed by atoms with van der Waals surface area (Å²) in [7, 11) is 0. The first kappa shape index (κ1) is 23.9. The minimum absolute atomic E-state index is 0.0260. The lowest BCUT2D eigenvalue weighted by Gasteiger charge is -2.28. The standard InChI is InChI=1S/C28H37N3O/c1-6-8-14-25(28(32)20(3)7-2)27(31-22(5)11-10-17-30-31)24-15-16-26(21(4)18-24)29-19-23-12-9-13-23/h10-11,15-20,23H,5-9,12-14H2,1-4H3/b27-25+,29-19-/t20-/m1/s1. The number of ketones is 1. The molecule has 0 bridgehead atoms. The highest BCUT2D eigenvalue weighted by Gasteiger charge is 2.26. The highest BCUT2D eigenvalue weighted by molar-refractivity contribution is 6.04. The van der Waals surface area contributed by atoms with Gasteiger partial charge in [0.05, 0.1) is 17.1 Å². The molecule has 1 aliphatic carbocycles. The van der Waals surface area contributed by atoms with Crippen molar-refractivity contribution in [2.75, 3.05) is 0 Å². The molecular weight excluding hydrogens is 394 g/mol. The van der Waals surface area contributed by atoms with Crippen LogP contribution in [0.3, 0.4) is 0 Å². The SMILES string of the molecule is C=C1C=CC=NN1/C(=C(\CCCC)C(=O)[C@H](C)CC)c1ccc(/N=C\C2CCC2)c(C)c1. The van der Waals surface area contributed by atoms with Crippen LogP contribution in [0.25, 0.3) is 5.70 Å². The number of allylic oxidation sites excluding steroid dienone is 3. The van der Waals surface area contributed by atoms with E-state index in [1.807, 2.05) is 24.1 Å². The zero-order valence-corrected chi connectivity index (χ0v) is 20.1. The smallest absolute Gasteiger partial charge is 0.163 e. The number of carbonyl (C=O) groups excluding carboxylic acids is 1. The summed E-state index contributed by atoms with van der Waals surface area (Å²) in [5, 5.41) is 6.43. The molecule has 0 aromatic heterocycles. The van der Waals surface area contributed by atoms with Crippen molar-refractivity contribution in [2.24, 2.45) is 21.9 Å². The Bertz CT molecular complexity index is 963. The topological polar surface area (TPSA) is 45.0 Å². The molecule has 0 radical (unpaired) electrons. The minimum Gasteiger partial charge on any atom is -0.294 e. The van der Waals surface area contributed by atoms with Crippen LogP contribution in [-0.4, -0.2) is 23.2 Å². The van der Waals surface area contributed by atoms with Crippen LogP contribution in [0.2, 0.25) is 0 Å². The molecule has 0 saturated heterocycles. The van der Waals surface area contributed by atoms with Gasteiger partial charge in [0.2, 0.25) is 0 Å². The van der Waals surface area contributed by atoms with E-state index in [4.69, 9.17) is 4.99 Å². The highest BCUT2D eigenvalue weighted by Crippen LogP contribution is 2.35. The summed E-state index contributed by atoms with van der Waals surface area (Å²) in [6, 6.07) is 6.28. The molecule has 0 amide bonds. The quantitative estimate of drug-likeness (QED) is 0.286. The molecule has 4 heteroatoms. The Kier molecular flexibility index (Phi) is 8.38. The van der Waals surface area contributed by atoms with E-state index < -0.39 is 0 Å². The van der Waals surface area contributed by atoms with Gasteiger partial charge in [0.25, 0.3) is 0 Å². The Morgan fingerprint density at radius 3 is 2.72 bits per heavy atom. The van der Waals surface area contributed by atoms with Crippen LogP contribution in [0, 0.1) is 18.8 Å². The zero-order chi connectivity index (χ0) is 23.1. The summed E-state index contributed by atoms with van der Waals surface area (Å²) in [5.74, 6) is 0.802. The first-order valence-corrected chi connectivity index (χ1v) is 12.1. The molecule has 0 N–H and O–H groups in total. The number of aliphatic imine (C=N–C) groups is 1. The van der Waals surface area contributed by atoms with Crippen LogP contribution in [0.5, 0.6) is 0 Å². The molecule has 32 heavy (non-hydrogen) atoms. The molecule has 1 aliphatic heterocycles. The molecule has 1 fully saturated rings. The van der Waals surface area contributed by atoms with Crippen LogP contribution < -0.4 is 0 Å². The van der Waals surface area contributed by atoms with Gasteiger partial charge in [-0.2, -0.15) is 5.10 Å². The number of hydrogen-bond acceptors (Lipinski definition) is 4. The van der Waals surface area contributed by atoms with Gasteiger partial charge in [-0.15, -0.1) is 0 Å². The summed E-state index contributed by atoms with van der Waals surface area (Å²) in [5.41, 5.74) is 5.54. The lowest BCUT2D eigenvalue weighted by atomic mass is 9.86. The Hall–Kier alpha value is -2.75. The molecule has 4 nitrogen and oxygen atoms in total. The molecule has 2 aliphatic rings. The van der Waals surface area contributed by atoms with Crippen molar-refractivity contribution < 1.29 is 4.79 Å². The second-order valence-electron chi connectivity index (χ2n) is 9.00. The Morgan fingerprint density at radius 2 is 2.12 bits per heavy atom. The Balaban J connectivity index is 2.09. The fourth-order valence-electron chi connectivity index (χ4n) is 3.95. The first-order chi connectivity index (χ1) is 15.5. The summed E-state index contributed by atoms with van der Waals surface area (Å²) in [6.45, 7) is 12.5. The predicted molar refractivity (Wildman–Crippen MR) is 136 cm³/mol. The molecule has 0 spiro atoms. The monoisotopic (exact) mass is 431 g/mol. The van der Waals surface area contributed by atoms with Gasteiger partial charge in [-0.1, -0.05) is 46.3 Å². The number of rotatable bonds is 10. The number of carbonyl (C=O) groups is 1. The Morgan fingerprint density at radius 1 is 1.34 bits per heavy atom. The van der Waals surface area contributed by atoms with Crippen LogP contribution in [-0.2, 0) is 4.79 Å².